The van der Waals surface area contributed by atoms with E-state index in [9.17, 15) is 14.7 Å². The molecule has 0 aromatic heterocycles. The van der Waals surface area contributed by atoms with Gasteiger partial charge in [-0.2, -0.15) is 0 Å². The lowest BCUT2D eigenvalue weighted by Crippen LogP contribution is -2.43. The van der Waals surface area contributed by atoms with Crippen molar-refractivity contribution < 1.29 is 19.4 Å². The number of nitrogens with one attached hydrogen (secondary N) is 1. The molecule has 2 N–H and O–H groups in total. The predicted octanol–water partition coefficient (Wildman–Crippen LogP) is 2.38. The number of rotatable bonds is 5. The summed E-state index contributed by atoms with van der Waals surface area (Å²) < 4.78 is 5.09. The smallest absolute Gasteiger partial charge is 0.253 e. The number of nitrogens with zero attached hydrogens (tertiary/aromatic N) is 2. The fourth-order valence-corrected chi connectivity index (χ4v) is 4.82. The zero-order chi connectivity index (χ0) is 22.1. The molecule has 0 radical (unpaired) electrons. The van der Waals surface area contributed by atoms with Crippen LogP contribution in [0, 0.1) is 5.92 Å². The van der Waals surface area contributed by atoms with Crippen molar-refractivity contribution in [2.75, 3.05) is 46.3 Å². The third-order valence-corrected chi connectivity index (χ3v) is 6.31. The van der Waals surface area contributed by atoms with E-state index < -0.39 is 0 Å². The minimum Gasteiger partial charge on any atom is -0.394 e. The molecule has 1 fully saturated rings. The monoisotopic (exact) mass is 423 g/mol. The molecule has 2 aliphatic rings. The Morgan fingerprint density at radius 1 is 1.19 bits per heavy atom. The average molecular weight is 424 g/mol. The van der Waals surface area contributed by atoms with E-state index in [0.717, 1.165) is 28.8 Å². The van der Waals surface area contributed by atoms with E-state index in [1.165, 1.54) is 7.11 Å². The van der Waals surface area contributed by atoms with Crippen molar-refractivity contribution >= 4 is 17.5 Å². The Kier molecular flexibility index (Phi) is 5.98. The summed E-state index contributed by atoms with van der Waals surface area (Å²) >= 11 is 0. The van der Waals surface area contributed by atoms with Gasteiger partial charge in [-0.05, 0) is 47.4 Å². The number of fused-ring (bicyclic) bond motifs is 3. The number of hydrogen-bond acceptors (Lipinski definition) is 5. The van der Waals surface area contributed by atoms with Gasteiger partial charge in [-0.15, -0.1) is 0 Å². The van der Waals surface area contributed by atoms with Crippen LogP contribution in [0.2, 0.25) is 0 Å². The second-order valence-electron chi connectivity index (χ2n) is 8.43. The Labute approximate surface area is 182 Å². The van der Waals surface area contributed by atoms with Crippen molar-refractivity contribution in [2.45, 2.75) is 18.5 Å². The van der Waals surface area contributed by atoms with Gasteiger partial charge in [-0.25, -0.2) is 0 Å². The van der Waals surface area contributed by atoms with Crippen LogP contribution in [0.5, 0.6) is 0 Å². The first-order valence-electron chi connectivity index (χ1n) is 10.6. The predicted molar refractivity (Wildman–Crippen MR) is 119 cm³/mol. The standard InChI is InChI=1S/C24H29N3O4/c1-26(2)24(30)17-6-4-5-15(11-17)16-7-8-20-19(12-16)23-18(21(13-28)25-20)9-10-27(23)22(29)14-31-3/h4-8,11-12,18,21,23,25,28H,9-10,13-14H2,1-3H3/t18-,21-,23-/m0/s1. The molecule has 0 unspecified atom stereocenters. The Balaban J connectivity index is 1.74. The number of likely N-dealkylation sites (tertiary alicyclic amines) is 1. The maximum atomic E-state index is 12.7. The van der Waals surface area contributed by atoms with E-state index in [1.54, 1.807) is 19.0 Å². The fraction of sp³-hybridized carbons (Fsp3) is 0.417. The molecule has 0 bridgehead atoms. The lowest BCUT2D eigenvalue weighted by Gasteiger charge is -2.39. The highest BCUT2D eigenvalue weighted by Gasteiger charge is 2.45. The normalized spacial score (nSPS) is 21.8. The maximum absolute atomic E-state index is 12.7. The first-order valence-corrected chi connectivity index (χ1v) is 10.6. The Bertz CT molecular complexity index is 991. The number of amides is 2. The number of benzene rings is 2. The number of ether oxygens (including phenoxy) is 1. The van der Waals surface area contributed by atoms with Gasteiger partial charge in [0.2, 0.25) is 5.91 Å². The highest BCUT2D eigenvalue weighted by molar-refractivity contribution is 5.95. The molecule has 2 heterocycles. The van der Waals surface area contributed by atoms with Crippen molar-refractivity contribution in [3.8, 4) is 11.1 Å². The summed E-state index contributed by atoms with van der Waals surface area (Å²) in [7, 11) is 5.00. The molecule has 31 heavy (non-hydrogen) atoms. The van der Waals surface area contributed by atoms with Crippen molar-refractivity contribution in [1.29, 1.82) is 0 Å². The molecule has 2 aromatic carbocycles. The largest absolute Gasteiger partial charge is 0.394 e. The highest BCUT2D eigenvalue weighted by Crippen LogP contribution is 2.47. The van der Waals surface area contributed by atoms with E-state index in [1.807, 2.05) is 41.3 Å². The second-order valence-corrected chi connectivity index (χ2v) is 8.43. The van der Waals surface area contributed by atoms with Gasteiger partial charge in [0.15, 0.2) is 0 Å². The van der Waals surface area contributed by atoms with E-state index in [4.69, 9.17) is 4.74 Å². The van der Waals surface area contributed by atoms with Crippen LogP contribution in [-0.2, 0) is 9.53 Å². The summed E-state index contributed by atoms with van der Waals surface area (Å²) in [5.74, 6) is 0.0539. The van der Waals surface area contributed by atoms with Crippen LogP contribution in [0.25, 0.3) is 11.1 Å². The summed E-state index contributed by atoms with van der Waals surface area (Å²) in [6.45, 7) is 0.708. The first-order chi connectivity index (χ1) is 14.9. The summed E-state index contributed by atoms with van der Waals surface area (Å²) in [6, 6.07) is 13.5. The lowest BCUT2D eigenvalue weighted by molar-refractivity contribution is -0.136. The molecule has 0 aliphatic carbocycles. The number of carbonyl (C=O) groups is 2. The molecule has 1 saturated heterocycles. The molecule has 2 amide bonds. The van der Waals surface area contributed by atoms with Crippen molar-refractivity contribution in [2.24, 2.45) is 5.92 Å². The van der Waals surface area contributed by atoms with Gasteiger partial charge in [-0.1, -0.05) is 18.2 Å². The SMILES string of the molecule is COCC(=O)N1CC[C@H]2[C@H](CO)Nc3ccc(-c4cccc(C(=O)N(C)C)c4)cc3[C@H]21. The Morgan fingerprint density at radius 2 is 1.97 bits per heavy atom. The highest BCUT2D eigenvalue weighted by atomic mass is 16.5. The zero-order valence-corrected chi connectivity index (χ0v) is 18.2. The van der Waals surface area contributed by atoms with Crippen molar-refractivity contribution in [3.63, 3.8) is 0 Å². The van der Waals surface area contributed by atoms with Crippen LogP contribution in [-0.4, -0.2) is 73.7 Å². The lowest BCUT2D eigenvalue weighted by atomic mass is 9.82. The fourth-order valence-electron chi connectivity index (χ4n) is 4.82. The second kappa shape index (κ2) is 8.69. The van der Waals surface area contributed by atoms with Gasteiger partial charge in [0.25, 0.3) is 5.91 Å². The first kappa shape index (κ1) is 21.3. The van der Waals surface area contributed by atoms with Gasteiger partial charge in [0, 0.05) is 44.9 Å². The van der Waals surface area contributed by atoms with Crippen LogP contribution >= 0.6 is 0 Å². The third-order valence-electron chi connectivity index (χ3n) is 6.31. The number of aliphatic hydroxyl groups excluding tert-OH is 1. The summed E-state index contributed by atoms with van der Waals surface area (Å²) in [5, 5.41) is 13.4. The van der Waals surface area contributed by atoms with E-state index in [-0.39, 0.29) is 43.0 Å². The number of hydrogen-bond donors (Lipinski definition) is 2. The molecule has 4 rings (SSSR count). The van der Waals surface area contributed by atoms with Crippen LogP contribution in [0.15, 0.2) is 42.5 Å². The van der Waals surface area contributed by atoms with E-state index >= 15 is 0 Å². The molecule has 7 nitrogen and oxygen atoms in total. The van der Waals surface area contributed by atoms with Gasteiger partial charge in [0.1, 0.15) is 6.61 Å². The molecule has 0 saturated carbocycles. The maximum Gasteiger partial charge on any atom is 0.253 e. The quantitative estimate of drug-likeness (QED) is 0.772. The summed E-state index contributed by atoms with van der Waals surface area (Å²) in [4.78, 5) is 28.6. The van der Waals surface area contributed by atoms with Gasteiger partial charge >= 0.3 is 0 Å². The van der Waals surface area contributed by atoms with E-state index in [0.29, 0.717) is 12.1 Å². The number of carbonyl (C=O) groups excluding carboxylic acids is 2. The average Bonchev–Trinajstić information content (AvgIpc) is 3.23. The van der Waals surface area contributed by atoms with Gasteiger partial charge in [0.05, 0.1) is 18.7 Å². The van der Waals surface area contributed by atoms with E-state index in [2.05, 4.69) is 11.4 Å². The number of aliphatic hydroxyl groups is 1. The zero-order valence-electron chi connectivity index (χ0n) is 18.2. The molecule has 0 spiro atoms. The van der Waals surface area contributed by atoms with Crippen LogP contribution in [0.4, 0.5) is 5.69 Å². The number of anilines is 1. The van der Waals surface area contributed by atoms with Crippen molar-refractivity contribution in [3.05, 3.63) is 53.6 Å². The van der Waals surface area contributed by atoms with Crippen LogP contribution in [0.1, 0.15) is 28.4 Å². The minimum atomic E-state index is -0.109. The van der Waals surface area contributed by atoms with Crippen molar-refractivity contribution in [1.82, 2.24) is 9.80 Å². The summed E-state index contributed by atoms with van der Waals surface area (Å²) in [5.41, 5.74) is 4.54. The molecule has 2 aliphatic heterocycles. The molecular formula is C24H29N3O4. The van der Waals surface area contributed by atoms with Crippen LogP contribution < -0.4 is 5.32 Å². The topological polar surface area (TPSA) is 82.1 Å². The van der Waals surface area contributed by atoms with Gasteiger partial charge in [-0.3, -0.25) is 9.59 Å². The summed E-state index contributed by atoms with van der Waals surface area (Å²) in [6.07, 6.45) is 0.828. The van der Waals surface area contributed by atoms with Crippen LogP contribution in [0.3, 0.4) is 0 Å². The molecule has 164 valence electrons. The molecular weight excluding hydrogens is 394 g/mol. The Hall–Kier alpha value is -2.90. The third kappa shape index (κ3) is 3.91. The van der Waals surface area contributed by atoms with Gasteiger partial charge < -0.3 is 25.0 Å². The molecule has 2 aromatic rings. The number of methoxy groups -OCH3 is 1. The minimum absolute atomic E-state index is 0.0172. The Morgan fingerprint density at radius 3 is 2.68 bits per heavy atom. The molecule has 3 atom stereocenters. The molecule has 7 heteroatoms.